The molecule has 0 amide bonds. The topological polar surface area (TPSA) is 69.7 Å². The van der Waals surface area contributed by atoms with Gasteiger partial charge in [-0.15, -0.1) is 0 Å². The van der Waals surface area contributed by atoms with Crippen molar-refractivity contribution in [1.29, 1.82) is 0 Å². The van der Waals surface area contributed by atoms with Crippen LogP contribution in [0.4, 0.5) is 0 Å². The van der Waals surface area contributed by atoms with Crippen LogP contribution < -0.4 is 20.7 Å². The van der Waals surface area contributed by atoms with E-state index in [1.165, 1.54) is 0 Å². The predicted molar refractivity (Wildman–Crippen MR) is 82.8 cm³/mol. The summed E-state index contributed by atoms with van der Waals surface area (Å²) in [6, 6.07) is 5.30. The molecule has 1 aromatic heterocycles. The van der Waals surface area contributed by atoms with E-state index in [2.05, 4.69) is 37.3 Å². The number of halogens is 2. The van der Waals surface area contributed by atoms with E-state index in [0.29, 0.717) is 16.2 Å². The molecule has 1 atom stereocenters. The summed E-state index contributed by atoms with van der Waals surface area (Å²) in [6.07, 6.45) is 1.59. The molecule has 3 N–H and O–H groups in total. The van der Waals surface area contributed by atoms with E-state index >= 15 is 0 Å². The predicted octanol–water partition coefficient (Wildman–Crippen LogP) is 3.37. The maximum absolute atomic E-state index is 5.69. The first-order chi connectivity index (χ1) is 9.63. The molecule has 5 nitrogen and oxygen atoms in total. The molecule has 0 radical (unpaired) electrons. The van der Waals surface area contributed by atoms with Crippen molar-refractivity contribution < 1.29 is 13.9 Å². The number of hydrazine groups is 1. The summed E-state index contributed by atoms with van der Waals surface area (Å²) < 4.78 is 17.4. The highest BCUT2D eigenvalue weighted by atomic mass is 79.9. The third-order valence-corrected chi connectivity index (χ3v) is 4.35. The fourth-order valence-corrected chi connectivity index (χ4v) is 3.16. The number of benzene rings is 1. The van der Waals surface area contributed by atoms with Crippen LogP contribution in [0.15, 0.2) is 38.0 Å². The van der Waals surface area contributed by atoms with Crippen molar-refractivity contribution in [2.75, 3.05) is 14.2 Å². The van der Waals surface area contributed by atoms with E-state index in [4.69, 9.17) is 19.7 Å². The Morgan fingerprint density at radius 3 is 2.40 bits per heavy atom. The van der Waals surface area contributed by atoms with Gasteiger partial charge in [-0.05, 0) is 50.1 Å². The minimum absolute atomic E-state index is 0.278. The van der Waals surface area contributed by atoms with Crippen molar-refractivity contribution in [1.82, 2.24) is 5.43 Å². The lowest BCUT2D eigenvalue weighted by Gasteiger charge is -2.20. The summed E-state index contributed by atoms with van der Waals surface area (Å²) in [4.78, 5) is 0. The molecule has 0 fully saturated rings. The van der Waals surface area contributed by atoms with Crippen LogP contribution in [0.2, 0.25) is 0 Å². The molecule has 1 unspecified atom stereocenters. The van der Waals surface area contributed by atoms with E-state index in [-0.39, 0.29) is 6.04 Å². The number of rotatable bonds is 5. The summed E-state index contributed by atoms with van der Waals surface area (Å²) >= 11 is 6.84. The normalized spacial score (nSPS) is 12.2. The quantitative estimate of drug-likeness (QED) is 0.589. The van der Waals surface area contributed by atoms with Crippen LogP contribution in [0.5, 0.6) is 11.5 Å². The maximum atomic E-state index is 5.69. The lowest BCUT2D eigenvalue weighted by Crippen LogP contribution is -2.29. The molecule has 20 heavy (non-hydrogen) atoms. The van der Waals surface area contributed by atoms with E-state index in [9.17, 15) is 0 Å². The molecule has 108 valence electrons. The molecular formula is C13H14Br2N2O3. The number of hydrogen-bond donors (Lipinski definition) is 2. The van der Waals surface area contributed by atoms with Crippen LogP contribution in [-0.2, 0) is 0 Å². The lowest BCUT2D eigenvalue weighted by atomic mass is 10.0. The highest BCUT2D eigenvalue weighted by Crippen LogP contribution is 2.42. The van der Waals surface area contributed by atoms with Gasteiger partial charge in [0.15, 0.2) is 4.67 Å². The molecule has 0 aliphatic carbocycles. The molecule has 0 saturated heterocycles. The van der Waals surface area contributed by atoms with Crippen LogP contribution in [0.3, 0.4) is 0 Å². The Morgan fingerprint density at radius 1 is 1.15 bits per heavy atom. The Kier molecular flexibility index (Phi) is 5.09. The van der Waals surface area contributed by atoms with Crippen LogP contribution in [-0.4, -0.2) is 14.2 Å². The molecular weight excluding hydrogens is 392 g/mol. The van der Waals surface area contributed by atoms with Gasteiger partial charge in [0.1, 0.15) is 16.0 Å². The molecule has 7 heteroatoms. The summed E-state index contributed by atoms with van der Waals surface area (Å²) in [7, 11) is 3.20. The Labute approximate surface area is 133 Å². The van der Waals surface area contributed by atoms with Crippen LogP contribution in [0.25, 0.3) is 0 Å². The number of hydrogen-bond acceptors (Lipinski definition) is 5. The third-order valence-electron chi connectivity index (χ3n) is 2.95. The third kappa shape index (κ3) is 2.71. The highest BCUT2D eigenvalue weighted by molar-refractivity contribution is 9.10. The van der Waals surface area contributed by atoms with Crippen molar-refractivity contribution in [3.63, 3.8) is 0 Å². The van der Waals surface area contributed by atoms with Gasteiger partial charge >= 0.3 is 0 Å². The summed E-state index contributed by atoms with van der Waals surface area (Å²) in [6.45, 7) is 0. The molecule has 0 spiro atoms. The number of ether oxygens (including phenoxy) is 2. The Hall–Kier alpha value is -1.02. The van der Waals surface area contributed by atoms with Gasteiger partial charge < -0.3 is 13.9 Å². The van der Waals surface area contributed by atoms with Crippen molar-refractivity contribution in [2.45, 2.75) is 6.04 Å². The molecule has 1 aromatic carbocycles. The summed E-state index contributed by atoms with van der Waals surface area (Å²) in [5, 5.41) is 0. The van der Waals surface area contributed by atoms with Crippen molar-refractivity contribution in [2.24, 2.45) is 5.84 Å². The molecule has 0 aliphatic heterocycles. The fourth-order valence-electron chi connectivity index (χ4n) is 2.00. The summed E-state index contributed by atoms with van der Waals surface area (Å²) in [5.41, 5.74) is 4.51. The van der Waals surface area contributed by atoms with Gasteiger partial charge in [0.05, 0.1) is 26.5 Å². The first-order valence-electron chi connectivity index (χ1n) is 5.73. The monoisotopic (exact) mass is 404 g/mol. The van der Waals surface area contributed by atoms with E-state index in [1.54, 1.807) is 20.5 Å². The molecule has 2 rings (SSSR count). The molecule has 1 heterocycles. The molecule has 2 aromatic rings. The SMILES string of the molecule is COc1ccc(C(NN)c2ccoc2Br)c(OC)c1Br. The molecule has 0 aliphatic rings. The van der Waals surface area contributed by atoms with Crippen molar-refractivity contribution in [3.8, 4) is 11.5 Å². The molecule has 0 saturated carbocycles. The second-order valence-electron chi connectivity index (χ2n) is 3.95. The second-order valence-corrected chi connectivity index (χ2v) is 5.47. The van der Waals surface area contributed by atoms with E-state index in [1.807, 2.05) is 18.2 Å². The van der Waals surface area contributed by atoms with Gasteiger partial charge in [-0.3, -0.25) is 5.84 Å². The zero-order valence-electron chi connectivity index (χ0n) is 10.9. The Morgan fingerprint density at radius 2 is 1.90 bits per heavy atom. The van der Waals surface area contributed by atoms with Crippen molar-refractivity contribution >= 4 is 31.9 Å². The number of furan rings is 1. The average Bonchev–Trinajstić information content (AvgIpc) is 2.86. The largest absolute Gasteiger partial charge is 0.495 e. The van der Waals surface area contributed by atoms with Crippen LogP contribution in [0.1, 0.15) is 17.2 Å². The maximum Gasteiger partial charge on any atom is 0.174 e. The standard InChI is InChI=1S/C13H14Br2N2O3/c1-18-9-4-3-7(12(19-2)10(9)14)11(17-16)8-5-6-20-13(8)15/h3-6,11,17H,16H2,1-2H3. The van der Waals surface area contributed by atoms with Gasteiger partial charge in [0.25, 0.3) is 0 Å². The minimum Gasteiger partial charge on any atom is -0.495 e. The van der Waals surface area contributed by atoms with Gasteiger partial charge in [0, 0.05) is 11.1 Å². The van der Waals surface area contributed by atoms with Gasteiger partial charge in [0.2, 0.25) is 0 Å². The first kappa shape index (κ1) is 15.4. The van der Waals surface area contributed by atoms with Gasteiger partial charge in [-0.1, -0.05) is 0 Å². The van der Waals surface area contributed by atoms with Crippen molar-refractivity contribution in [3.05, 3.63) is 44.7 Å². The van der Waals surface area contributed by atoms with Crippen LogP contribution in [0, 0.1) is 0 Å². The molecule has 0 bridgehead atoms. The second kappa shape index (κ2) is 6.62. The summed E-state index contributed by atoms with van der Waals surface area (Å²) in [5.74, 6) is 7.04. The highest BCUT2D eigenvalue weighted by Gasteiger charge is 2.23. The van der Waals surface area contributed by atoms with E-state index in [0.717, 1.165) is 15.6 Å². The van der Waals surface area contributed by atoms with Crippen LogP contribution >= 0.6 is 31.9 Å². The van der Waals surface area contributed by atoms with Gasteiger partial charge in [-0.2, -0.15) is 0 Å². The number of nitrogens with one attached hydrogen (secondary N) is 1. The smallest absolute Gasteiger partial charge is 0.174 e. The fraction of sp³-hybridized carbons (Fsp3) is 0.231. The lowest BCUT2D eigenvalue weighted by molar-refractivity contribution is 0.382. The average molecular weight is 406 g/mol. The Bertz CT molecular complexity index is 601. The first-order valence-corrected chi connectivity index (χ1v) is 7.32. The Balaban J connectivity index is 2.56. The van der Waals surface area contributed by atoms with Gasteiger partial charge in [-0.25, -0.2) is 5.43 Å². The number of methoxy groups -OCH3 is 2. The minimum atomic E-state index is -0.278. The van der Waals surface area contributed by atoms with E-state index < -0.39 is 0 Å². The zero-order chi connectivity index (χ0) is 14.7. The zero-order valence-corrected chi connectivity index (χ0v) is 14.1. The number of nitrogens with two attached hydrogens (primary N) is 1.